The van der Waals surface area contributed by atoms with E-state index in [0.717, 1.165) is 24.1 Å². The van der Waals surface area contributed by atoms with Crippen LogP contribution in [-0.4, -0.2) is 10.9 Å². The Morgan fingerprint density at radius 1 is 1.30 bits per heavy atom. The van der Waals surface area contributed by atoms with Crippen LogP contribution in [0, 0.1) is 5.92 Å². The Morgan fingerprint density at radius 3 is 2.55 bits per heavy atom. The highest BCUT2D eigenvalue weighted by atomic mass is 32.1. The lowest BCUT2D eigenvalue weighted by Gasteiger charge is -2.10. The molecule has 4 nitrogen and oxygen atoms in total. The summed E-state index contributed by atoms with van der Waals surface area (Å²) in [4.78, 5) is 16.5. The summed E-state index contributed by atoms with van der Waals surface area (Å²) < 4.78 is 0. The van der Waals surface area contributed by atoms with E-state index in [2.05, 4.69) is 10.3 Å². The van der Waals surface area contributed by atoms with Crippen LogP contribution in [0.2, 0.25) is 0 Å². The van der Waals surface area contributed by atoms with Crippen molar-refractivity contribution >= 4 is 27.4 Å². The van der Waals surface area contributed by atoms with Crippen molar-refractivity contribution in [2.24, 2.45) is 5.92 Å². The van der Waals surface area contributed by atoms with E-state index in [1.54, 1.807) is 0 Å². The number of hydrogen-bond acceptors (Lipinski definition) is 4. The molecular formula is C15H19N3OS. The standard InChI is InChI=1S/C15H19N3OS/c1-3-10(4-2)14(19)18-15-17-12(13(16)20-15)11-8-6-5-7-9-11/h5-10H,3-4,16H2,1-2H3,(H,17,18,19). The molecule has 0 spiro atoms. The number of carbonyl (C=O) groups excluding carboxylic acids is 1. The third-order valence-corrected chi connectivity index (χ3v) is 4.09. The molecule has 5 heteroatoms. The maximum Gasteiger partial charge on any atom is 0.229 e. The minimum absolute atomic E-state index is 0.0170. The molecule has 0 aliphatic carbocycles. The maximum atomic E-state index is 12.0. The fourth-order valence-corrected chi connectivity index (χ4v) is 2.81. The molecule has 1 amide bonds. The van der Waals surface area contributed by atoms with Gasteiger partial charge in [0, 0.05) is 11.5 Å². The highest BCUT2D eigenvalue weighted by molar-refractivity contribution is 7.20. The number of nitrogens with zero attached hydrogens (tertiary/aromatic N) is 1. The molecule has 0 atom stereocenters. The van der Waals surface area contributed by atoms with Crippen molar-refractivity contribution in [1.82, 2.24) is 4.98 Å². The first-order valence-electron chi connectivity index (χ1n) is 6.78. The van der Waals surface area contributed by atoms with Crippen LogP contribution in [0.4, 0.5) is 10.1 Å². The van der Waals surface area contributed by atoms with Gasteiger partial charge in [0.1, 0.15) is 10.7 Å². The quantitative estimate of drug-likeness (QED) is 0.880. The van der Waals surface area contributed by atoms with Gasteiger partial charge in [-0.15, -0.1) is 0 Å². The van der Waals surface area contributed by atoms with Gasteiger partial charge in [-0.25, -0.2) is 4.98 Å². The number of thiazole rings is 1. The Balaban J connectivity index is 2.18. The Labute approximate surface area is 123 Å². The molecule has 0 aliphatic heterocycles. The zero-order chi connectivity index (χ0) is 14.5. The van der Waals surface area contributed by atoms with E-state index in [4.69, 9.17) is 5.73 Å². The number of benzene rings is 1. The van der Waals surface area contributed by atoms with Gasteiger partial charge in [0.2, 0.25) is 5.91 Å². The van der Waals surface area contributed by atoms with E-state index in [-0.39, 0.29) is 11.8 Å². The predicted octanol–water partition coefficient (Wildman–Crippen LogP) is 3.77. The van der Waals surface area contributed by atoms with E-state index >= 15 is 0 Å². The molecule has 1 aromatic heterocycles. The summed E-state index contributed by atoms with van der Waals surface area (Å²) in [7, 11) is 0. The average molecular weight is 289 g/mol. The van der Waals surface area contributed by atoms with Crippen LogP contribution < -0.4 is 11.1 Å². The van der Waals surface area contributed by atoms with Crippen LogP contribution in [0.5, 0.6) is 0 Å². The SMILES string of the molecule is CCC(CC)C(=O)Nc1nc(-c2ccccc2)c(N)s1. The van der Waals surface area contributed by atoms with Crippen molar-refractivity contribution in [3.8, 4) is 11.3 Å². The Hall–Kier alpha value is -1.88. The van der Waals surface area contributed by atoms with Crippen LogP contribution >= 0.6 is 11.3 Å². The van der Waals surface area contributed by atoms with Gasteiger partial charge < -0.3 is 11.1 Å². The van der Waals surface area contributed by atoms with E-state index < -0.39 is 0 Å². The summed E-state index contributed by atoms with van der Waals surface area (Å²) in [5.41, 5.74) is 7.69. The summed E-state index contributed by atoms with van der Waals surface area (Å²) in [5, 5.41) is 4.05. The molecule has 106 valence electrons. The minimum atomic E-state index is 0.0170. The zero-order valence-electron chi connectivity index (χ0n) is 11.7. The number of amides is 1. The number of carbonyl (C=O) groups is 1. The number of aromatic nitrogens is 1. The number of nitrogens with two attached hydrogens (primary N) is 1. The van der Waals surface area contributed by atoms with E-state index in [1.807, 2.05) is 44.2 Å². The summed E-state index contributed by atoms with van der Waals surface area (Å²) in [5.74, 6) is 0.0451. The first kappa shape index (κ1) is 14.5. The Morgan fingerprint density at radius 2 is 1.95 bits per heavy atom. The molecule has 0 saturated heterocycles. The summed E-state index contributed by atoms with van der Waals surface area (Å²) in [6.07, 6.45) is 1.66. The van der Waals surface area contributed by atoms with E-state index in [1.165, 1.54) is 11.3 Å². The van der Waals surface area contributed by atoms with Gasteiger partial charge in [-0.3, -0.25) is 4.79 Å². The summed E-state index contributed by atoms with van der Waals surface area (Å²) in [6.45, 7) is 4.03. The fraction of sp³-hybridized carbons (Fsp3) is 0.333. The van der Waals surface area contributed by atoms with Crippen molar-refractivity contribution < 1.29 is 4.79 Å². The van der Waals surface area contributed by atoms with Gasteiger partial charge in [0.25, 0.3) is 0 Å². The molecule has 0 fully saturated rings. The second-order valence-corrected chi connectivity index (χ2v) is 5.63. The third kappa shape index (κ3) is 3.17. The van der Waals surface area contributed by atoms with E-state index in [9.17, 15) is 4.79 Å². The molecule has 0 unspecified atom stereocenters. The van der Waals surface area contributed by atoms with Crippen LogP contribution in [0.1, 0.15) is 26.7 Å². The number of nitrogens with one attached hydrogen (secondary N) is 1. The van der Waals surface area contributed by atoms with E-state index in [0.29, 0.717) is 10.1 Å². The fourth-order valence-electron chi connectivity index (χ4n) is 2.06. The first-order valence-corrected chi connectivity index (χ1v) is 7.59. The second-order valence-electron chi connectivity index (χ2n) is 4.60. The van der Waals surface area contributed by atoms with Gasteiger partial charge in [0.05, 0.1) is 0 Å². The number of rotatable bonds is 5. The lowest BCUT2D eigenvalue weighted by molar-refractivity contribution is -0.120. The van der Waals surface area contributed by atoms with Crippen molar-refractivity contribution in [3.63, 3.8) is 0 Å². The van der Waals surface area contributed by atoms with Gasteiger partial charge in [-0.1, -0.05) is 55.5 Å². The van der Waals surface area contributed by atoms with Gasteiger partial charge >= 0.3 is 0 Å². The molecule has 2 aromatic rings. The minimum Gasteiger partial charge on any atom is -0.389 e. The maximum absolute atomic E-state index is 12.0. The van der Waals surface area contributed by atoms with Gasteiger partial charge in [0.15, 0.2) is 5.13 Å². The van der Waals surface area contributed by atoms with Crippen molar-refractivity contribution in [3.05, 3.63) is 30.3 Å². The average Bonchev–Trinajstić information content (AvgIpc) is 2.82. The van der Waals surface area contributed by atoms with Crippen molar-refractivity contribution in [2.75, 3.05) is 11.1 Å². The van der Waals surface area contributed by atoms with Crippen LogP contribution in [0.3, 0.4) is 0 Å². The lowest BCUT2D eigenvalue weighted by atomic mass is 10.0. The second kappa shape index (κ2) is 6.52. The molecule has 3 N–H and O–H groups in total. The lowest BCUT2D eigenvalue weighted by Crippen LogP contribution is -2.21. The van der Waals surface area contributed by atoms with Crippen LogP contribution in [0.25, 0.3) is 11.3 Å². The Kier molecular flexibility index (Phi) is 4.74. The molecule has 0 radical (unpaired) electrons. The zero-order valence-corrected chi connectivity index (χ0v) is 12.5. The van der Waals surface area contributed by atoms with Gasteiger partial charge in [-0.05, 0) is 12.8 Å². The monoisotopic (exact) mass is 289 g/mol. The molecular weight excluding hydrogens is 270 g/mol. The highest BCUT2D eigenvalue weighted by Crippen LogP contribution is 2.33. The topological polar surface area (TPSA) is 68.0 Å². The molecule has 1 heterocycles. The number of anilines is 2. The molecule has 2 rings (SSSR count). The largest absolute Gasteiger partial charge is 0.389 e. The van der Waals surface area contributed by atoms with Crippen LogP contribution in [0.15, 0.2) is 30.3 Å². The molecule has 0 aliphatic rings. The predicted molar refractivity (Wildman–Crippen MR) is 84.7 cm³/mol. The van der Waals surface area contributed by atoms with Gasteiger partial charge in [-0.2, -0.15) is 0 Å². The summed E-state index contributed by atoms with van der Waals surface area (Å²) in [6, 6.07) is 9.74. The molecule has 20 heavy (non-hydrogen) atoms. The highest BCUT2D eigenvalue weighted by Gasteiger charge is 2.17. The summed E-state index contributed by atoms with van der Waals surface area (Å²) >= 11 is 1.31. The third-order valence-electron chi connectivity index (χ3n) is 3.29. The van der Waals surface area contributed by atoms with Crippen LogP contribution in [-0.2, 0) is 4.79 Å². The first-order chi connectivity index (χ1) is 9.65. The van der Waals surface area contributed by atoms with Crippen molar-refractivity contribution in [1.29, 1.82) is 0 Å². The normalized spacial score (nSPS) is 10.8. The number of hydrogen-bond donors (Lipinski definition) is 2. The Bertz CT molecular complexity index is 576. The number of nitrogen functional groups attached to an aromatic ring is 1. The van der Waals surface area contributed by atoms with Crippen molar-refractivity contribution in [2.45, 2.75) is 26.7 Å². The smallest absolute Gasteiger partial charge is 0.229 e. The molecule has 0 bridgehead atoms. The molecule has 1 aromatic carbocycles. The molecule has 0 saturated carbocycles.